The maximum Gasteiger partial charge on any atom is 0.253 e. The van der Waals surface area contributed by atoms with Crippen LogP contribution in [0.1, 0.15) is 48.1 Å². The quantitative estimate of drug-likeness (QED) is 0.939. The van der Waals surface area contributed by atoms with E-state index < -0.39 is 0 Å². The number of anilines is 1. The molecular formula is C19H23N3O. The summed E-state index contributed by atoms with van der Waals surface area (Å²) in [5, 5.41) is 3.02. The number of pyridine rings is 1. The summed E-state index contributed by atoms with van der Waals surface area (Å²) in [7, 11) is 0. The summed E-state index contributed by atoms with van der Waals surface area (Å²) in [6.45, 7) is 4.30. The lowest BCUT2D eigenvalue weighted by atomic mass is 10.1. The highest BCUT2D eigenvalue weighted by atomic mass is 16.1. The monoisotopic (exact) mass is 309 g/mol. The molecule has 3 rings (SSSR count). The van der Waals surface area contributed by atoms with Crippen molar-refractivity contribution in [1.29, 1.82) is 0 Å². The van der Waals surface area contributed by atoms with Crippen molar-refractivity contribution in [2.24, 2.45) is 0 Å². The second kappa shape index (κ2) is 7.27. The number of carbonyl (C=O) groups is 1. The number of nitrogens with one attached hydrogen (secondary N) is 1. The first-order valence-electron chi connectivity index (χ1n) is 8.30. The second-order valence-electron chi connectivity index (χ2n) is 6.08. The summed E-state index contributed by atoms with van der Waals surface area (Å²) in [6, 6.07) is 12.1. The van der Waals surface area contributed by atoms with E-state index in [4.69, 9.17) is 0 Å². The molecule has 4 nitrogen and oxygen atoms in total. The summed E-state index contributed by atoms with van der Waals surface area (Å²) in [4.78, 5) is 18.6. The van der Waals surface area contributed by atoms with E-state index in [9.17, 15) is 4.79 Å². The Balaban J connectivity index is 1.63. The molecule has 2 heterocycles. The predicted molar refractivity (Wildman–Crippen MR) is 92.6 cm³/mol. The number of nitrogens with zero attached hydrogens (tertiary/aromatic N) is 2. The molecule has 1 aliphatic rings. The van der Waals surface area contributed by atoms with Crippen molar-refractivity contribution < 1.29 is 4.79 Å². The van der Waals surface area contributed by atoms with Gasteiger partial charge < -0.3 is 10.2 Å². The van der Waals surface area contributed by atoms with Gasteiger partial charge in [0.15, 0.2) is 0 Å². The Morgan fingerprint density at radius 1 is 1.13 bits per heavy atom. The highest BCUT2D eigenvalue weighted by molar-refractivity contribution is 5.94. The van der Waals surface area contributed by atoms with Gasteiger partial charge in [0.25, 0.3) is 5.91 Å². The highest BCUT2D eigenvalue weighted by Gasteiger charge is 2.13. The Kier molecular flexibility index (Phi) is 4.91. The molecule has 1 saturated heterocycles. The van der Waals surface area contributed by atoms with Gasteiger partial charge in [-0.1, -0.05) is 12.1 Å². The Morgan fingerprint density at radius 2 is 1.87 bits per heavy atom. The van der Waals surface area contributed by atoms with E-state index in [0.29, 0.717) is 5.56 Å². The lowest BCUT2D eigenvalue weighted by molar-refractivity contribution is 0.0939. The Morgan fingerprint density at radius 3 is 2.52 bits per heavy atom. The summed E-state index contributed by atoms with van der Waals surface area (Å²) in [5.74, 6) is -0.0919. The van der Waals surface area contributed by atoms with Gasteiger partial charge in [0.1, 0.15) is 0 Å². The minimum absolute atomic E-state index is 0.0295. The standard InChI is InChI=1S/C19H23N3O/c1-15(21-19(23)17-6-5-11-20-14-17)16-7-9-18(10-8-16)22-12-3-2-4-13-22/h5-11,14-15H,2-4,12-13H2,1H3,(H,21,23)/t15-/m0/s1. The largest absolute Gasteiger partial charge is 0.372 e. The van der Waals surface area contributed by atoms with Crippen LogP contribution in [0.2, 0.25) is 0 Å². The molecule has 0 spiro atoms. The van der Waals surface area contributed by atoms with E-state index in [0.717, 1.165) is 18.7 Å². The molecule has 4 heteroatoms. The second-order valence-corrected chi connectivity index (χ2v) is 6.08. The average molecular weight is 309 g/mol. The van der Waals surface area contributed by atoms with Crippen LogP contribution in [0.15, 0.2) is 48.8 Å². The molecule has 0 saturated carbocycles. The zero-order valence-electron chi connectivity index (χ0n) is 13.5. The first-order chi connectivity index (χ1) is 11.2. The van der Waals surface area contributed by atoms with Crippen molar-refractivity contribution in [2.75, 3.05) is 18.0 Å². The Bertz CT molecular complexity index is 633. The minimum Gasteiger partial charge on any atom is -0.372 e. The third-order valence-corrected chi connectivity index (χ3v) is 4.39. The molecule has 2 aromatic rings. The van der Waals surface area contributed by atoms with Gasteiger partial charge in [-0.25, -0.2) is 0 Å². The maximum atomic E-state index is 12.2. The van der Waals surface area contributed by atoms with Gasteiger partial charge in [0.05, 0.1) is 11.6 Å². The van der Waals surface area contributed by atoms with Crippen LogP contribution in [0, 0.1) is 0 Å². The number of aromatic nitrogens is 1. The van der Waals surface area contributed by atoms with E-state index in [-0.39, 0.29) is 11.9 Å². The molecule has 1 aromatic heterocycles. The van der Waals surface area contributed by atoms with Crippen LogP contribution in [0.3, 0.4) is 0 Å². The molecule has 1 fully saturated rings. The lowest BCUT2D eigenvalue weighted by Crippen LogP contribution is -2.29. The number of hydrogen-bond acceptors (Lipinski definition) is 3. The molecule has 0 bridgehead atoms. The van der Waals surface area contributed by atoms with Crippen LogP contribution in [-0.2, 0) is 0 Å². The zero-order valence-corrected chi connectivity index (χ0v) is 13.5. The molecule has 1 aromatic carbocycles. The van der Waals surface area contributed by atoms with E-state index in [1.54, 1.807) is 24.5 Å². The smallest absolute Gasteiger partial charge is 0.253 e. The molecular weight excluding hydrogens is 286 g/mol. The number of benzene rings is 1. The SMILES string of the molecule is C[C@H](NC(=O)c1cccnc1)c1ccc(N2CCCCC2)cc1. The lowest BCUT2D eigenvalue weighted by Gasteiger charge is -2.29. The van der Waals surface area contributed by atoms with E-state index in [1.807, 2.05) is 6.92 Å². The summed E-state index contributed by atoms with van der Waals surface area (Å²) in [5.41, 5.74) is 2.98. The van der Waals surface area contributed by atoms with Crippen molar-refractivity contribution in [1.82, 2.24) is 10.3 Å². The van der Waals surface area contributed by atoms with Crippen LogP contribution in [0.25, 0.3) is 0 Å². The van der Waals surface area contributed by atoms with E-state index >= 15 is 0 Å². The van der Waals surface area contributed by atoms with Gasteiger partial charge in [-0.15, -0.1) is 0 Å². The number of rotatable bonds is 4. The van der Waals surface area contributed by atoms with Gasteiger partial charge in [0, 0.05) is 31.2 Å². The molecule has 0 unspecified atom stereocenters. The fourth-order valence-corrected chi connectivity index (χ4v) is 2.99. The minimum atomic E-state index is -0.0919. The molecule has 23 heavy (non-hydrogen) atoms. The van der Waals surface area contributed by atoms with Crippen molar-refractivity contribution in [3.05, 3.63) is 59.9 Å². The molecule has 1 N–H and O–H groups in total. The zero-order chi connectivity index (χ0) is 16.1. The normalized spacial score (nSPS) is 16.0. The van der Waals surface area contributed by atoms with Crippen LogP contribution in [0.5, 0.6) is 0 Å². The van der Waals surface area contributed by atoms with Crippen LogP contribution < -0.4 is 10.2 Å². The first kappa shape index (κ1) is 15.5. The van der Waals surface area contributed by atoms with Gasteiger partial charge in [-0.2, -0.15) is 0 Å². The summed E-state index contributed by atoms with van der Waals surface area (Å²) >= 11 is 0. The molecule has 1 amide bonds. The van der Waals surface area contributed by atoms with Gasteiger partial charge in [0.2, 0.25) is 0 Å². The number of carbonyl (C=O) groups excluding carboxylic acids is 1. The topological polar surface area (TPSA) is 45.2 Å². The number of amides is 1. The van der Waals surface area contributed by atoms with Gasteiger partial charge in [-0.3, -0.25) is 9.78 Å². The first-order valence-corrected chi connectivity index (χ1v) is 8.30. The third-order valence-electron chi connectivity index (χ3n) is 4.39. The number of hydrogen-bond donors (Lipinski definition) is 1. The maximum absolute atomic E-state index is 12.2. The molecule has 0 aliphatic carbocycles. The van der Waals surface area contributed by atoms with Crippen molar-refractivity contribution in [3.8, 4) is 0 Å². The van der Waals surface area contributed by atoms with Crippen LogP contribution >= 0.6 is 0 Å². The molecule has 1 aliphatic heterocycles. The third kappa shape index (κ3) is 3.89. The van der Waals surface area contributed by atoms with Crippen LogP contribution in [-0.4, -0.2) is 24.0 Å². The average Bonchev–Trinajstić information content (AvgIpc) is 2.63. The van der Waals surface area contributed by atoms with Gasteiger partial charge in [-0.05, 0) is 56.0 Å². The van der Waals surface area contributed by atoms with E-state index in [1.165, 1.54) is 24.9 Å². The molecule has 120 valence electrons. The van der Waals surface area contributed by atoms with Crippen molar-refractivity contribution in [3.63, 3.8) is 0 Å². The highest BCUT2D eigenvalue weighted by Crippen LogP contribution is 2.22. The summed E-state index contributed by atoms with van der Waals surface area (Å²) in [6.07, 6.45) is 7.14. The molecule has 1 atom stereocenters. The van der Waals surface area contributed by atoms with Crippen LogP contribution in [0.4, 0.5) is 5.69 Å². The van der Waals surface area contributed by atoms with E-state index in [2.05, 4.69) is 39.5 Å². The molecule has 0 radical (unpaired) electrons. The fourth-order valence-electron chi connectivity index (χ4n) is 2.99. The Labute approximate surface area is 137 Å². The fraction of sp³-hybridized carbons (Fsp3) is 0.368. The Hall–Kier alpha value is -2.36. The summed E-state index contributed by atoms with van der Waals surface area (Å²) < 4.78 is 0. The van der Waals surface area contributed by atoms with Crippen molar-refractivity contribution in [2.45, 2.75) is 32.2 Å². The number of piperidine rings is 1. The predicted octanol–water partition coefficient (Wildman–Crippen LogP) is 3.56. The van der Waals surface area contributed by atoms with Gasteiger partial charge >= 0.3 is 0 Å². The van der Waals surface area contributed by atoms with Crippen molar-refractivity contribution >= 4 is 11.6 Å².